The molecule has 0 radical (unpaired) electrons. The molecule has 0 unspecified atom stereocenters. The van der Waals surface area contributed by atoms with Crippen LogP contribution in [0.25, 0.3) is 0 Å². The number of nitrogens with zero attached hydrogens (tertiary/aromatic N) is 2. The van der Waals surface area contributed by atoms with Gasteiger partial charge in [-0.3, -0.25) is 0 Å². The molecule has 1 heterocycles. The van der Waals surface area contributed by atoms with Crippen molar-refractivity contribution >= 4 is 10.0 Å². The van der Waals surface area contributed by atoms with Crippen molar-refractivity contribution in [2.24, 2.45) is 0 Å². The molecule has 0 bridgehead atoms. The zero-order chi connectivity index (χ0) is 11.6. The average Bonchev–Trinajstić information content (AvgIpc) is 2.79. The minimum absolute atomic E-state index is 0.101. The van der Waals surface area contributed by atoms with Crippen molar-refractivity contribution in [2.75, 3.05) is 0 Å². The first-order valence-electron chi connectivity index (χ1n) is 4.54. The highest BCUT2D eigenvalue weighted by Gasteiger charge is 2.18. The van der Waals surface area contributed by atoms with Gasteiger partial charge in [0.1, 0.15) is 11.8 Å². The molecule has 16 heavy (non-hydrogen) atoms. The molecule has 0 N–H and O–H groups in total. The minimum Gasteiger partial charge on any atom is -0.232 e. The standard InChI is InChI=1S/C11H8N2O2S/c12-9-10-5-4-8-13(10)16(14,15)11-6-2-1-3-7-11/h1-8H. The van der Waals surface area contributed by atoms with Gasteiger partial charge in [0.25, 0.3) is 10.0 Å². The third kappa shape index (κ3) is 1.59. The van der Waals surface area contributed by atoms with Gasteiger partial charge >= 0.3 is 0 Å². The molecule has 0 spiro atoms. The van der Waals surface area contributed by atoms with Crippen molar-refractivity contribution in [3.63, 3.8) is 0 Å². The molecular formula is C11H8N2O2S. The van der Waals surface area contributed by atoms with Crippen LogP contribution in [0.15, 0.2) is 53.6 Å². The first-order valence-corrected chi connectivity index (χ1v) is 5.98. The van der Waals surface area contributed by atoms with Crippen LogP contribution in [0.2, 0.25) is 0 Å². The highest BCUT2D eigenvalue weighted by Crippen LogP contribution is 2.15. The molecule has 2 aromatic rings. The first-order chi connectivity index (χ1) is 7.66. The molecule has 80 valence electrons. The molecule has 1 aromatic carbocycles. The van der Waals surface area contributed by atoms with Gasteiger partial charge in [-0.2, -0.15) is 5.26 Å². The molecule has 2 rings (SSSR count). The molecule has 5 heteroatoms. The average molecular weight is 232 g/mol. The summed E-state index contributed by atoms with van der Waals surface area (Å²) < 4.78 is 25.1. The molecule has 4 nitrogen and oxygen atoms in total. The monoisotopic (exact) mass is 232 g/mol. The van der Waals surface area contributed by atoms with Gasteiger partial charge in [0, 0.05) is 6.20 Å². The molecule has 0 aliphatic heterocycles. The summed E-state index contributed by atoms with van der Waals surface area (Å²) in [5.74, 6) is 0. The number of hydrogen-bond donors (Lipinski definition) is 0. The zero-order valence-corrected chi connectivity index (χ0v) is 9.05. The lowest BCUT2D eigenvalue weighted by molar-refractivity contribution is 0.587. The van der Waals surface area contributed by atoms with Crippen LogP contribution in [0.4, 0.5) is 0 Å². The summed E-state index contributed by atoms with van der Waals surface area (Å²) in [5.41, 5.74) is 0.101. The largest absolute Gasteiger partial charge is 0.268 e. The highest BCUT2D eigenvalue weighted by atomic mass is 32.2. The van der Waals surface area contributed by atoms with E-state index in [2.05, 4.69) is 0 Å². The van der Waals surface area contributed by atoms with Crippen molar-refractivity contribution < 1.29 is 8.42 Å². The topological polar surface area (TPSA) is 62.9 Å². The Bertz CT molecular complexity index is 636. The summed E-state index contributed by atoms with van der Waals surface area (Å²) in [7, 11) is -3.64. The van der Waals surface area contributed by atoms with E-state index in [4.69, 9.17) is 5.26 Å². The van der Waals surface area contributed by atoms with E-state index in [1.807, 2.05) is 6.07 Å². The number of hydrogen-bond acceptors (Lipinski definition) is 3. The SMILES string of the molecule is N#Cc1cccn1S(=O)(=O)c1ccccc1. The van der Waals surface area contributed by atoms with Gasteiger partial charge in [-0.25, -0.2) is 12.4 Å². The predicted octanol–water partition coefficient (Wildman–Crippen LogP) is 1.60. The summed E-state index contributed by atoms with van der Waals surface area (Å²) in [6.07, 6.45) is 1.36. The Morgan fingerprint density at radius 3 is 2.38 bits per heavy atom. The third-order valence-electron chi connectivity index (χ3n) is 2.13. The zero-order valence-electron chi connectivity index (χ0n) is 8.24. The minimum atomic E-state index is -3.64. The maximum atomic E-state index is 12.1. The van der Waals surface area contributed by atoms with E-state index in [1.165, 1.54) is 30.5 Å². The number of rotatable bonds is 2. The Kier molecular flexibility index (Phi) is 2.50. The highest BCUT2D eigenvalue weighted by molar-refractivity contribution is 7.90. The van der Waals surface area contributed by atoms with Crippen LogP contribution in [0.3, 0.4) is 0 Å². The van der Waals surface area contributed by atoms with Gasteiger partial charge in [-0.1, -0.05) is 18.2 Å². The normalized spacial score (nSPS) is 10.9. The second-order valence-electron chi connectivity index (χ2n) is 3.12. The van der Waals surface area contributed by atoms with Crippen LogP contribution in [0, 0.1) is 11.3 Å². The van der Waals surface area contributed by atoms with Gasteiger partial charge in [-0.05, 0) is 24.3 Å². The molecule has 0 amide bonds. The van der Waals surface area contributed by atoms with Crippen LogP contribution in [-0.4, -0.2) is 12.4 Å². The van der Waals surface area contributed by atoms with Crippen LogP contribution in [0.5, 0.6) is 0 Å². The first kappa shape index (κ1) is 10.5. The Morgan fingerprint density at radius 1 is 1.06 bits per heavy atom. The second-order valence-corrected chi connectivity index (χ2v) is 4.93. The van der Waals surface area contributed by atoms with Crippen LogP contribution in [-0.2, 0) is 10.0 Å². The van der Waals surface area contributed by atoms with Crippen molar-refractivity contribution in [2.45, 2.75) is 4.90 Å². The summed E-state index contributed by atoms with van der Waals surface area (Å²) in [6, 6.07) is 12.8. The molecule has 0 aliphatic rings. The second kappa shape index (κ2) is 3.83. The molecular weight excluding hydrogens is 224 g/mol. The van der Waals surface area contributed by atoms with Crippen molar-refractivity contribution in [3.05, 3.63) is 54.4 Å². The molecule has 0 fully saturated rings. The smallest absolute Gasteiger partial charge is 0.232 e. The van der Waals surface area contributed by atoms with Crippen molar-refractivity contribution in [3.8, 4) is 6.07 Å². The number of nitriles is 1. The fraction of sp³-hybridized carbons (Fsp3) is 0. The lowest BCUT2D eigenvalue weighted by atomic mass is 10.4. The van der Waals surface area contributed by atoms with Crippen molar-refractivity contribution in [1.82, 2.24) is 3.97 Å². The van der Waals surface area contributed by atoms with Crippen LogP contribution in [0.1, 0.15) is 5.69 Å². The maximum Gasteiger partial charge on any atom is 0.268 e. The Morgan fingerprint density at radius 2 is 1.75 bits per heavy atom. The van der Waals surface area contributed by atoms with Gasteiger partial charge in [0.15, 0.2) is 0 Å². The molecule has 0 atom stereocenters. The quantitative estimate of drug-likeness (QED) is 0.790. The van der Waals surface area contributed by atoms with E-state index in [9.17, 15) is 8.42 Å². The fourth-order valence-corrected chi connectivity index (χ4v) is 2.69. The molecule has 0 saturated carbocycles. The lowest BCUT2D eigenvalue weighted by Gasteiger charge is -2.06. The summed E-state index contributed by atoms with van der Waals surface area (Å²) in [5, 5.41) is 8.78. The third-order valence-corrected chi connectivity index (χ3v) is 3.83. The Balaban J connectivity index is 2.62. The maximum absolute atomic E-state index is 12.1. The van der Waals surface area contributed by atoms with Crippen LogP contribution < -0.4 is 0 Å². The number of aromatic nitrogens is 1. The van der Waals surface area contributed by atoms with E-state index >= 15 is 0 Å². The molecule has 0 aliphatic carbocycles. The fourth-order valence-electron chi connectivity index (χ4n) is 1.37. The van der Waals surface area contributed by atoms with E-state index in [1.54, 1.807) is 18.2 Å². The van der Waals surface area contributed by atoms with E-state index < -0.39 is 10.0 Å². The van der Waals surface area contributed by atoms with Crippen molar-refractivity contribution in [1.29, 1.82) is 5.26 Å². The Hall–Kier alpha value is -2.06. The number of benzene rings is 1. The van der Waals surface area contributed by atoms with Crippen LogP contribution >= 0.6 is 0 Å². The van der Waals surface area contributed by atoms with E-state index in [0.717, 1.165) is 3.97 Å². The van der Waals surface area contributed by atoms with Gasteiger partial charge < -0.3 is 0 Å². The van der Waals surface area contributed by atoms with Gasteiger partial charge in [0.05, 0.1) is 4.90 Å². The van der Waals surface area contributed by atoms with E-state index in [-0.39, 0.29) is 10.6 Å². The molecule has 0 saturated heterocycles. The van der Waals surface area contributed by atoms with Gasteiger partial charge in [-0.15, -0.1) is 0 Å². The Labute approximate surface area is 93.4 Å². The molecule has 1 aromatic heterocycles. The van der Waals surface area contributed by atoms with E-state index in [0.29, 0.717) is 0 Å². The van der Waals surface area contributed by atoms with Gasteiger partial charge in [0.2, 0.25) is 0 Å². The summed E-state index contributed by atoms with van der Waals surface area (Å²) >= 11 is 0. The predicted molar refractivity (Wildman–Crippen MR) is 58.2 cm³/mol. The lowest BCUT2D eigenvalue weighted by Crippen LogP contribution is -2.13. The summed E-state index contributed by atoms with van der Waals surface area (Å²) in [4.78, 5) is 0.169. The summed E-state index contributed by atoms with van der Waals surface area (Å²) in [6.45, 7) is 0.